The molecule has 0 saturated carbocycles. The van der Waals surface area contributed by atoms with Crippen LogP contribution in [-0.4, -0.2) is 32.3 Å². The molecule has 0 aromatic rings. The minimum Gasteiger partial charge on any atom is -0.481 e. The third-order valence-electron chi connectivity index (χ3n) is 2.72. The van der Waals surface area contributed by atoms with Crippen LogP contribution in [0, 0.1) is 5.92 Å². The average Bonchev–Trinajstić information content (AvgIpc) is 2.56. The van der Waals surface area contributed by atoms with E-state index in [1.165, 1.54) is 7.11 Å². The highest BCUT2D eigenvalue weighted by Gasteiger charge is 2.39. The Labute approximate surface area is 82.2 Å². The van der Waals surface area contributed by atoms with Crippen LogP contribution in [0.4, 0.5) is 0 Å². The second-order valence-electron chi connectivity index (χ2n) is 3.53. The molecule has 0 aromatic carbocycles. The minimum absolute atomic E-state index is 0.0466. The Morgan fingerprint density at radius 2 is 2.50 bits per heavy atom. The smallest absolute Gasteiger partial charge is 0.375 e. The Bertz CT molecular complexity index is 288. The van der Waals surface area contributed by atoms with Crippen molar-refractivity contribution < 1.29 is 14.3 Å². The summed E-state index contributed by atoms with van der Waals surface area (Å²) in [6, 6.07) is 0. The van der Waals surface area contributed by atoms with Gasteiger partial charge in [0.25, 0.3) is 0 Å². The molecule has 5 heteroatoms. The van der Waals surface area contributed by atoms with Gasteiger partial charge in [0.2, 0.25) is 5.76 Å². The zero-order valence-electron chi connectivity index (χ0n) is 8.08. The number of nitrogens with two attached hydrogens (primary N) is 1. The summed E-state index contributed by atoms with van der Waals surface area (Å²) in [5, 5.41) is 3.22. The standard InChI is InChI=1S/C9H14N2O3/c1-13-9(12)8-7(10)5-4-11-3-2-6(5)14-8/h5-6,11H,2-4,10H2,1H3. The molecular weight excluding hydrogens is 184 g/mol. The third-order valence-corrected chi connectivity index (χ3v) is 2.72. The molecule has 2 unspecified atom stereocenters. The van der Waals surface area contributed by atoms with Crippen molar-refractivity contribution in [1.29, 1.82) is 0 Å². The SMILES string of the molecule is COC(=O)C1=C(N)C2CNCCC2O1. The second kappa shape index (κ2) is 3.49. The van der Waals surface area contributed by atoms with Gasteiger partial charge < -0.3 is 20.5 Å². The van der Waals surface area contributed by atoms with E-state index in [-0.39, 0.29) is 17.8 Å². The Balaban J connectivity index is 2.18. The van der Waals surface area contributed by atoms with E-state index in [2.05, 4.69) is 10.1 Å². The number of ether oxygens (including phenoxy) is 2. The monoisotopic (exact) mass is 198 g/mol. The lowest BCUT2D eigenvalue weighted by Gasteiger charge is -2.25. The summed E-state index contributed by atoms with van der Waals surface area (Å²) < 4.78 is 10.1. The van der Waals surface area contributed by atoms with Crippen molar-refractivity contribution in [2.24, 2.45) is 11.7 Å². The number of nitrogens with one attached hydrogen (secondary N) is 1. The van der Waals surface area contributed by atoms with E-state index in [1.807, 2.05) is 0 Å². The first kappa shape index (κ1) is 9.33. The van der Waals surface area contributed by atoms with Crippen LogP contribution in [0.2, 0.25) is 0 Å². The highest BCUT2D eigenvalue weighted by atomic mass is 16.6. The van der Waals surface area contributed by atoms with Crippen molar-refractivity contribution in [2.75, 3.05) is 20.2 Å². The fraction of sp³-hybridized carbons (Fsp3) is 0.667. The fourth-order valence-electron chi connectivity index (χ4n) is 1.93. The summed E-state index contributed by atoms with van der Waals surface area (Å²) in [4.78, 5) is 11.3. The number of rotatable bonds is 1. The van der Waals surface area contributed by atoms with E-state index in [9.17, 15) is 4.79 Å². The lowest BCUT2D eigenvalue weighted by molar-refractivity contribution is -0.140. The molecule has 14 heavy (non-hydrogen) atoms. The summed E-state index contributed by atoms with van der Waals surface area (Å²) in [6.07, 6.45) is 0.927. The number of carbonyl (C=O) groups is 1. The molecule has 0 aliphatic carbocycles. The van der Waals surface area contributed by atoms with Crippen LogP contribution in [0.1, 0.15) is 6.42 Å². The zero-order chi connectivity index (χ0) is 10.1. The van der Waals surface area contributed by atoms with Crippen molar-refractivity contribution in [3.63, 3.8) is 0 Å². The van der Waals surface area contributed by atoms with Gasteiger partial charge in [-0.1, -0.05) is 0 Å². The predicted molar refractivity (Wildman–Crippen MR) is 49.1 cm³/mol. The van der Waals surface area contributed by atoms with Crippen molar-refractivity contribution in [3.05, 3.63) is 11.5 Å². The summed E-state index contributed by atoms with van der Waals surface area (Å²) in [5.74, 6) is -0.152. The van der Waals surface area contributed by atoms with E-state index >= 15 is 0 Å². The molecule has 5 nitrogen and oxygen atoms in total. The van der Waals surface area contributed by atoms with Gasteiger partial charge in [-0.15, -0.1) is 0 Å². The molecule has 2 rings (SSSR count). The van der Waals surface area contributed by atoms with Gasteiger partial charge in [-0.25, -0.2) is 4.79 Å². The number of fused-ring (bicyclic) bond motifs is 1. The Morgan fingerprint density at radius 3 is 3.14 bits per heavy atom. The quantitative estimate of drug-likeness (QED) is 0.547. The number of carbonyl (C=O) groups excluding carboxylic acids is 1. The van der Waals surface area contributed by atoms with E-state index in [4.69, 9.17) is 10.5 Å². The molecule has 2 heterocycles. The molecule has 0 spiro atoms. The first-order valence-electron chi connectivity index (χ1n) is 4.69. The van der Waals surface area contributed by atoms with Crippen LogP contribution < -0.4 is 11.1 Å². The average molecular weight is 198 g/mol. The molecule has 2 aliphatic rings. The third kappa shape index (κ3) is 1.33. The number of piperidine rings is 1. The Hall–Kier alpha value is -1.23. The molecule has 2 aliphatic heterocycles. The maximum absolute atomic E-state index is 11.3. The maximum Gasteiger partial charge on any atom is 0.375 e. The molecular formula is C9H14N2O3. The molecule has 78 valence electrons. The molecule has 1 saturated heterocycles. The van der Waals surface area contributed by atoms with Crippen molar-refractivity contribution in [3.8, 4) is 0 Å². The van der Waals surface area contributed by atoms with Gasteiger partial charge in [0.05, 0.1) is 18.7 Å². The van der Waals surface area contributed by atoms with Crippen LogP contribution in [0.25, 0.3) is 0 Å². The van der Waals surface area contributed by atoms with Gasteiger partial charge in [0.1, 0.15) is 6.10 Å². The Morgan fingerprint density at radius 1 is 1.71 bits per heavy atom. The van der Waals surface area contributed by atoms with Gasteiger partial charge in [-0.3, -0.25) is 0 Å². The molecule has 0 radical (unpaired) electrons. The van der Waals surface area contributed by atoms with E-state index < -0.39 is 5.97 Å². The first-order chi connectivity index (χ1) is 6.74. The van der Waals surface area contributed by atoms with Crippen LogP contribution in [0.15, 0.2) is 11.5 Å². The molecule has 1 fully saturated rings. The fourth-order valence-corrected chi connectivity index (χ4v) is 1.93. The van der Waals surface area contributed by atoms with Gasteiger partial charge in [0, 0.05) is 6.54 Å². The molecule has 2 atom stereocenters. The van der Waals surface area contributed by atoms with Gasteiger partial charge in [-0.05, 0) is 13.0 Å². The summed E-state index contributed by atoms with van der Waals surface area (Å²) in [6.45, 7) is 1.68. The minimum atomic E-state index is -0.475. The second-order valence-corrected chi connectivity index (χ2v) is 3.53. The topological polar surface area (TPSA) is 73.6 Å². The predicted octanol–water partition coefficient (Wildman–Crippen LogP) is -0.662. The summed E-state index contributed by atoms with van der Waals surface area (Å²) >= 11 is 0. The zero-order valence-corrected chi connectivity index (χ0v) is 8.08. The largest absolute Gasteiger partial charge is 0.481 e. The maximum atomic E-state index is 11.3. The van der Waals surface area contributed by atoms with E-state index in [0.29, 0.717) is 5.70 Å². The molecule has 0 amide bonds. The molecule has 0 aromatic heterocycles. The number of esters is 1. The Kier molecular flexibility index (Phi) is 2.33. The van der Waals surface area contributed by atoms with Gasteiger partial charge >= 0.3 is 5.97 Å². The van der Waals surface area contributed by atoms with Crippen LogP contribution in [0.3, 0.4) is 0 Å². The molecule has 3 N–H and O–H groups in total. The first-order valence-corrected chi connectivity index (χ1v) is 4.69. The highest BCUT2D eigenvalue weighted by Crippen LogP contribution is 2.31. The van der Waals surface area contributed by atoms with E-state index in [0.717, 1.165) is 19.5 Å². The summed E-state index contributed by atoms with van der Waals surface area (Å²) in [5.41, 5.74) is 6.35. The lowest BCUT2D eigenvalue weighted by Crippen LogP contribution is -2.40. The van der Waals surface area contributed by atoms with Gasteiger partial charge in [-0.2, -0.15) is 0 Å². The van der Waals surface area contributed by atoms with Crippen LogP contribution in [0.5, 0.6) is 0 Å². The number of hydrogen-bond donors (Lipinski definition) is 2. The molecule has 0 bridgehead atoms. The van der Waals surface area contributed by atoms with Crippen LogP contribution >= 0.6 is 0 Å². The van der Waals surface area contributed by atoms with Gasteiger partial charge in [0.15, 0.2) is 0 Å². The number of hydrogen-bond acceptors (Lipinski definition) is 5. The van der Waals surface area contributed by atoms with Crippen molar-refractivity contribution in [1.82, 2.24) is 5.32 Å². The van der Waals surface area contributed by atoms with E-state index in [1.54, 1.807) is 0 Å². The lowest BCUT2D eigenvalue weighted by atomic mass is 9.95. The highest BCUT2D eigenvalue weighted by molar-refractivity contribution is 5.87. The van der Waals surface area contributed by atoms with Crippen LogP contribution in [-0.2, 0) is 14.3 Å². The van der Waals surface area contributed by atoms with Crippen molar-refractivity contribution >= 4 is 5.97 Å². The normalized spacial score (nSPS) is 30.9. The van der Waals surface area contributed by atoms with Crippen molar-refractivity contribution in [2.45, 2.75) is 12.5 Å². The number of methoxy groups -OCH3 is 1. The summed E-state index contributed by atoms with van der Waals surface area (Å²) in [7, 11) is 1.33.